The van der Waals surface area contributed by atoms with E-state index in [1.165, 1.54) is 21.8 Å². The SMILES string of the molecule is O=C(Cc1csc(-c2cccnc2)n1)Nc1ccccc1N1CCc2sccc2C1. The molecule has 150 valence electrons. The lowest BCUT2D eigenvalue weighted by molar-refractivity contribution is -0.115. The van der Waals surface area contributed by atoms with Crippen molar-refractivity contribution >= 4 is 40.0 Å². The van der Waals surface area contributed by atoms with Gasteiger partial charge in [-0.25, -0.2) is 4.98 Å². The van der Waals surface area contributed by atoms with E-state index < -0.39 is 0 Å². The topological polar surface area (TPSA) is 58.1 Å². The molecule has 0 aliphatic carbocycles. The molecular weight excluding hydrogens is 412 g/mol. The summed E-state index contributed by atoms with van der Waals surface area (Å²) in [7, 11) is 0. The van der Waals surface area contributed by atoms with Crippen molar-refractivity contribution in [2.75, 3.05) is 16.8 Å². The largest absolute Gasteiger partial charge is 0.365 e. The third-order valence-electron chi connectivity index (χ3n) is 5.13. The lowest BCUT2D eigenvalue weighted by atomic mass is 10.1. The van der Waals surface area contributed by atoms with E-state index in [9.17, 15) is 4.79 Å². The van der Waals surface area contributed by atoms with Crippen molar-refractivity contribution in [2.24, 2.45) is 0 Å². The standard InChI is InChI=1S/C23H20N4OS2/c28-22(12-18-15-30-23(25-18)16-4-3-9-24-13-16)26-19-5-1-2-6-20(19)27-10-7-21-17(14-27)8-11-29-21/h1-6,8-9,11,13,15H,7,10,12,14H2,(H,26,28). The van der Waals surface area contributed by atoms with Crippen LogP contribution in [0.5, 0.6) is 0 Å². The number of hydrogen-bond acceptors (Lipinski definition) is 6. The summed E-state index contributed by atoms with van der Waals surface area (Å²) in [5.41, 5.74) is 5.05. The van der Waals surface area contributed by atoms with Gasteiger partial charge in [-0.2, -0.15) is 0 Å². The maximum atomic E-state index is 12.7. The van der Waals surface area contributed by atoms with Crippen molar-refractivity contribution in [3.05, 3.63) is 81.8 Å². The normalized spacial score (nSPS) is 13.1. The molecule has 5 nitrogen and oxygen atoms in total. The quantitative estimate of drug-likeness (QED) is 0.482. The second-order valence-electron chi connectivity index (χ2n) is 7.17. The number of aromatic nitrogens is 2. The monoisotopic (exact) mass is 432 g/mol. The molecule has 0 bridgehead atoms. The molecular formula is C23H20N4OS2. The molecule has 1 aromatic carbocycles. The molecule has 0 fully saturated rings. The molecule has 1 aliphatic heterocycles. The summed E-state index contributed by atoms with van der Waals surface area (Å²) in [4.78, 5) is 25.3. The molecule has 30 heavy (non-hydrogen) atoms. The molecule has 0 radical (unpaired) electrons. The summed E-state index contributed by atoms with van der Waals surface area (Å²) in [6.07, 6.45) is 4.83. The summed E-state index contributed by atoms with van der Waals surface area (Å²) in [5, 5.41) is 8.08. The highest BCUT2D eigenvalue weighted by Crippen LogP contribution is 2.32. The van der Waals surface area contributed by atoms with Gasteiger partial charge in [0.15, 0.2) is 0 Å². The number of rotatable bonds is 5. The second kappa shape index (κ2) is 8.38. The Hall–Kier alpha value is -3.03. The molecule has 1 aliphatic rings. The van der Waals surface area contributed by atoms with Crippen LogP contribution in [0.1, 0.15) is 16.1 Å². The Morgan fingerprint density at radius 1 is 1.13 bits per heavy atom. The minimum atomic E-state index is -0.0567. The van der Waals surface area contributed by atoms with Crippen LogP contribution in [-0.2, 0) is 24.2 Å². The first-order valence-electron chi connectivity index (χ1n) is 9.80. The zero-order valence-corrected chi connectivity index (χ0v) is 17.9. The van der Waals surface area contributed by atoms with Gasteiger partial charge in [-0.1, -0.05) is 12.1 Å². The van der Waals surface area contributed by atoms with E-state index >= 15 is 0 Å². The number of carbonyl (C=O) groups is 1. The number of thiophene rings is 1. The van der Waals surface area contributed by atoms with Crippen molar-refractivity contribution < 1.29 is 4.79 Å². The Labute approximate surface area is 183 Å². The third kappa shape index (κ3) is 3.99. The first kappa shape index (κ1) is 19.0. The highest BCUT2D eigenvalue weighted by atomic mass is 32.1. The predicted molar refractivity (Wildman–Crippen MR) is 123 cm³/mol. The fourth-order valence-corrected chi connectivity index (χ4v) is 5.38. The third-order valence-corrected chi connectivity index (χ3v) is 7.09. The highest BCUT2D eigenvalue weighted by Gasteiger charge is 2.20. The Morgan fingerprint density at radius 2 is 2.07 bits per heavy atom. The molecule has 7 heteroatoms. The number of nitrogens with one attached hydrogen (secondary N) is 1. The molecule has 1 amide bonds. The molecule has 0 saturated carbocycles. The molecule has 3 aromatic heterocycles. The van der Waals surface area contributed by atoms with E-state index in [0.717, 1.165) is 47.2 Å². The smallest absolute Gasteiger partial charge is 0.230 e. The molecule has 4 aromatic rings. The lowest BCUT2D eigenvalue weighted by Crippen LogP contribution is -2.30. The lowest BCUT2D eigenvalue weighted by Gasteiger charge is -2.30. The van der Waals surface area contributed by atoms with Gasteiger partial charge in [0.2, 0.25) is 5.91 Å². The van der Waals surface area contributed by atoms with Gasteiger partial charge in [0.05, 0.1) is 23.5 Å². The number of fused-ring (bicyclic) bond motifs is 1. The van der Waals surface area contributed by atoms with Crippen LogP contribution in [0.15, 0.2) is 65.6 Å². The van der Waals surface area contributed by atoms with Crippen LogP contribution in [0.25, 0.3) is 10.6 Å². The molecule has 0 unspecified atom stereocenters. The van der Waals surface area contributed by atoms with Gasteiger partial charge in [-0.3, -0.25) is 9.78 Å². The van der Waals surface area contributed by atoms with Crippen LogP contribution in [0.4, 0.5) is 11.4 Å². The molecule has 0 atom stereocenters. The molecule has 5 rings (SSSR count). The first-order valence-corrected chi connectivity index (χ1v) is 11.6. The van der Waals surface area contributed by atoms with Crippen molar-refractivity contribution in [3.63, 3.8) is 0 Å². The van der Waals surface area contributed by atoms with Crippen molar-refractivity contribution in [2.45, 2.75) is 19.4 Å². The van der Waals surface area contributed by atoms with E-state index in [1.54, 1.807) is 12.4 Å². The predicted octanol–water partition coefficient (Wildman–Crippen LogP) is 5.01. The fourth-order valence-electron chi connectivity index (χ4n) is 3.68. The van der Waals surface area contributed by atoms with Crippen LogP contribution in [0.2, 0.25) is 0 Å². The van der Waals surface area contributed by atoms with Gasteiger partial charge in [-0.05, 0) is 47.7 Å². The number of pyridine rings is 1. The maximum Gasteiger partial charge on any atom is 0.230 e. The second-order valence-corrected chi connectivity index (χ2v) is 9.03. The van der Waals surface area contributed by atoms with Crippen LogP contribution >= 0.6 is 22.7 Å². The number of para-hydroxylation sites is 2. The molecule has 4 heterocycles. The highest BCUT2D eigenvalue weighted by molar-refractivity contribution is 7.13. The minimum absolute atomic E-state index is 0.0567. The van der Waals surface area contributed by atoms with Crippen LogP contribution in [0, 0.1) is 0 Å². The van der Waals surface area contributed by atoms with E-state index in [1.807, 2.05) is 47.0 Å². The minimum Gasteiger partial charge on any atom is -0.365 e. The number of amides is 1. The first-order chi connectivity index (χ1) is 14.8. The average Bonchev–Trinajstić information content (AvgIpc) is 3.43. The van der Waals surface area contributed by atoms with E-state index in [2.05, 4.69) is 37.7 Å². The van der Waals surface area contributed by atoms with Crippen molar-refractivity contribution in [3.8, 4) is 10.6 Å². The van der Waals surface area contributed by atoms with E-state index in [-0.39, 0.29) is 12.3 Å². The number of thiazole rings is 1. The Kier molecular flexibility index (Phi) is 5.29. The van der Waals surface area contributed by atoms with E-state index in [4.69, 9.17) is 0 Å². The Bertz CT molecular complexity index is 1170. The van der Waals surface area contributed by atoms with Gasteiger partial charge < -0.3 is 10.2 Å². The summed E-state index contributed by atoms with van der Waals surface area (Å²) in [6.45, 7) is 1.84. The average molecular weight is 433 g/mol. The number of nitrogens with zero attached hydrogens (tertiary/aromatic N) is 3. The van der Waals surface area contributed by atoms with Crippen LogP contribution < -0.4 is 10.2 Å². The van der Waals surface area contributed by atoms with Crippen LogP contribution in [-0.4, -0.2) is 22.4 Å². The van der Waals surface area contributed by atoms with Crippen LogP contribution in [0.3, 0.4) is 0 Å². The summed E-state index contributed by atoms with van der Waals surface area (Å²) < 4.78 is 0. The number of benzene rings is 1. The fraction of sp³-hybridized carbons (Fsp3) is 0.174. The van der Waals surface area contributed by atoms with Gasteiger partial charge in [0, 0.05) is 41.3 Å². The molecule has 1 N–H and O–H groups in total. The summed E-state index contributed by atoms with van der Waals surface area (Å²) in [5.74, 6) is -0.0567. The van der Waals surface area contributed by atoms with Crippen molar-refractivity contribution in [1.29, 1.82) is 0 Å². The zero-order chi connectivity index (χ0) is 20.3. The van der Waals surface area contributed by atoms with E-state index in [0.29, 0.717) is 0 Å². The number of hydrogen-bond donors (Lipinski definition) is 1. The Balaban J connectivity index is 1.29. The number of anilines is 2. The molecule has 0 spiro atoms. The number of carbonyl (C=O) groups excluding carboxylic acids is 1. The zero-order valence-electron chi connectivity index (χ0n) is 16.2. The molecule has 0 saturated heterocycles. The van der Waals surface area contributed by atoms with Gasteiger partial charge in [0.1, 0.15) is 5.01 Å². The Morgan fingerprint density at radius 3 is 2.97 bits per heavy atom. The van der Waals surface area contributed by atoms with Gasteiger partial charge >= 0.3 is 0 Å². The summed E-state index contributed by atoms with van der Waals surface area (Å²) >= 11 is 3.37. The van der Waals surface area contributed by atoms with Gasteiger partial charge in [-0.15, -0.1) is 22.7 Å². The van der Waals surface area contributed by atoms with Crippen molar-refractivity contribution in [1.82, 2.24) is 9.97 Å². The maximum absolute atomic E-state index is 12.7. The summed E-state index contributed by atoms with van der Waals surface area (Å²) in [6, 6.07) is 14.1. The van der Waals surface area contributed by atoms with Gasteiger partial charge in [0.25, 0.3) is 0 Å².